The number of benzene rings is 2. The van der Waals surface area contributed by atoms with E-state index in [1.807, 2.05) is 30.3 Å². The van der Waals surface area contributed by atoms with Crippen LogP contribution in [0.15, 0.2) is 59.1 Å². The molecule has 47 heavy (non-hydrogen) atoms. The minimum atomic E-state index is -3.65. The Kier molecular flexibility index (Phi) is 14.9. The van der Waals surface area contributed by atoms with E-state index in [9.17, 15) is 23.3 Å². The quantitative estimate of drug-likeness (QED) is 0.105. The van der Waals surface area contributed by atoms with Crippen LogP contribution < -0.4 is 21.3 Å². The molecule has 5 amide bonds. The number of halogens is 2. The molecular weight excluding hydrogens is 662 g/mol. The van der Waals surface area contributed by atoms with Gasteiger partial charge in [-0.3, -0.25) is 18.9 Å². The Hall–Kier alpha value is -4.21. The summed E-state index contributed by atoms with van der Waals surface area (Å²) in [5, 5.41) is 14.2. The van der Waals surface area contributed by atoms with E-state index >= 15 is 0 Å². The van der Waals surface area contributed by atoms with Crippen LogP contribution >= 0.6 is 19.4 Å². The van der Waals surface area contributed by atoms with Crippen LogP contribution in [-0.4, -0.2) is 81.8 Å². The van der Waals surface area contributed by atoms with Crippen molar-refractivity contribution in [2.45, 2.75) is 25.4 Å². The summed E-state index contributed by atoms with van der Waals surface area (Å²) in [6, 6.07) is 13.4. The molecular formula is C29H37ClFN6O9P. The third kappa shape index (κ3) is 12.2. The highest BCUT2D eigenvalue weighted by Gasteiger charge is 2.24. The molecule has 256 valence electrons. The van der Waals surface area contributed by atoms with E-state index < -0.39 is 37.8 Å². The van der Waals surface area contributed by atoms with Gasteiger partial charge < -0.3 is 30.1 Å². The van der Waals surface area contributed by atoms with Gasteiger partial charge in [-0.25, -0.2) is 23.3 Å². The van der Waals surface area contributed by atoms with Gasteiger partial charge in [0.15, 0.2) is 0 Å². The average Bonchev–Trinajstić information content (AvgIpc) is 3.55. The van der Waals surface area contributed by atoms with Crippen LogP contribution in [0, 0.1) is 5.82 Å². The van der Waals surface area contributed by atoms with Crippen LogP contribution in [-0.2, 0) is 29.4 Å². The predicted octanol–water partition coefficient (Wildman–Crippen LogP) is 5.39. The minimum Gasteiger partial charge on any atom is -0.447 e. The fourth-order valence-corrected chi connectivity index (χ4v) is 4.89. The summed E-state index contributed by atoms with van der Waals surface area (Å²) in [7, 11) is 0.210. The lowest BCUT2D eigenvalue weighted by atomic mass is 10.1. The number of rotatable bonds is 17. The van der Waals surface area contributed by atoms with Crippen molar-refractivity contribution in [2.75, 3.05) is 52.9 Å². The molecule has 0 aliphatic carbocycles. The SMILES string of the molecule is COP(=O)(OC)OCCNC(=O)NCCC[C@@H](COC(=O)Nc1cc(-c2ccccc2)no1)N(C)C(=O)NCc1cccc(F)c1Cl. The van der Waals surface area contributed by atoms with E-state index in [1.165, 1.54) is 38.3 Å². The van der Waals surface area contributed by atoms with Crippen LogP contribution in [0.1, 0.15) is 18.4 Å². The number of nitrogens with zero attached hydrogens (tertiary/aromatic N) is 2. The molecule has 1 heterocycles. The molecule has 1 aromatic heterocycles. The topological polar surface area (TPSA) is 183 Å². The van der Waals surface area contributed by atoms with Crippen molar-refractivity contribution in [1.29, 1.82) is 0 Å². The third-order valence-electron chi connectivity index (χ3n) is 6.63. The molecule has 0 saturated heterocycles. The second-order valence-corrected chi connectivity index (χ2v) is 12.0. The van der Waals surface area contributed by atoms with E-state index in [0.29, 0.717) is 24.1 Å². The molecule has 3 rings (SSSR count). The molecule has 3 aromatic rings. The number of carbonyl (C=O) groups excluding carboxylic acids is 3. The number of anilines is 1. The minimum absolute atomic E-state index is 0.0321. The highest BCUT2D eigenvalue weighted by Crippen LogP contribution is 2.47. The van der Waals surface area contributed by atoms with Crippen LogP contribution in [0.2, 0.25) is 5.02 Å². The molecule has 1 atom stereocenters. The predicted molar refractivity (Wildman–Crippen MR) is 170 cm³/mol. The largest absolute Gasteiger partial charge is 0.474 e. The van der Waals surface area contributed by atoms with Crippen LogP contribution in [0.25, 0.3) is 11.3 Å². The van der Waals surface area contributed by atoms with E-state index in [4.69, 9.17) is 25.4 Å². The molecule has 0 bridgehead atoms. The lowest BCUT2D eigenvalue weighted by molar-refractivity contribution is 0.112. The molecule has 0 fully saturated rings. The lowest BCUT2D eigenvalue weighted by Gasteiger charge is -2.28. The normalized spacial score (nSPS) is 11.8. The number of phosphoric ester groups is 1. The number of ether oxygens (including phenoxy) is 1. The Labute approximate surface area is 276 Å². The number of likely N-dealkylation sites (N-methyl/N-ethyl adjacent to an activating group) is 1. The summed E-state index contributed by atoms with van der Waals surface area (Å²) in [6.07, 6.45) is -0.137. The molecule has 4 N–H and O–H groups in total. The highest BCUT2D eigenvalue weighted by atomic mass is 35.5. The van der Waals surface area contributed by atoms with Crippen LogP contribution in [0.3, 0.4) is 0 Å². The first-order valence-corrected chi connectivity index (χ1v) is 16.2. The van der Waals surface area contributed by atoms with Gasteiger partial charge in [0.1, 0.15) is 18.1 Å². The summed E-state index contributed by atoms with van der Waals surface area (Å²) < 4.78 is 50.6. The number of urea groups is 2. The molecule has 0 aliphatic heterocycles. The van der Waals surface area contributed by atoms with Crippen molar-refractivity contribution < 1.29 is 46.2 Å². The first-order valence-electron chi connectivity index (χ1n) is 14.3. The monoisotopic (exact) mass is 698 g/mol. The van der Waals surface area contributed by atoms with Gasteiger partial charge >= 0.3 is 26.0 Å². The Morgan fingerprint density at radius 1 is 1.04 bits per heavy atom. The third-order valence-corrected chi connectivity index (χ3v) is 8.44. The van der Waals surface area contributed by atoms with Gasteiger partial charge in [-0.15, -0.1) is 0 Å². The van der Waals surface area contributed by atoms with Gasteiger partial charge in [0, 0.05) is 52.5 Å². The van der Waals surface area contributed by atoms with Gasteiger partial charge in [0.2, 0.25) is 5.88 Å². The Morgan fingerprint density at radius 3 is 2.49 bits per heavy atom. The maximum absolute atomic E-state index is 13.8. The number of aromatic nitrogens is 1. The number of phosphoric acid groups is 1. The second kappa shape index (κ2) is 18.8. The zero-order valence-corrected chi connectivity index (χ0v) is 27.6. The maximum Gasteiger partial charge on any atom is 0.474 e. The molecule has 0 saturated carbocycles. The zero-order chi connectivity index (χ0) is 34.2. The molecule has 0 aliphatic rings. The van der Waals surface area contributed by atoms with Crippen LogP contribution in [0.4, 0.5) is 24.7 Å². The molecule has 15 nitrogen and oxygen atoms in total. The molecule has 0 unspecified atom stereocenters. The Morgan fingerprint density at radius 2 is 1.77 bits per heavy atom. The molecule has 0 radical (unpaired) electrons. The summed E-state index contributed by atoms with van der Waals surface area (Å²) in [5.74, 6) is -0.544. The van der Waals surface area contributed by atoms with Crippen molar-refractivity contribution in [3.05, 3.63) is 71.0 Å². The van der Waals surface area contributed by atoms with Crippen molar-refractivity contribution in [1.82, 2.24) is 26.0 Å². The standard InChI is InChI=1S/C29H37ClFN6O9P/c1-37(28(39)34-18-21-11-7-13-23(31)26(21)30)22(12-8-14-32-27(38)33-15-16-45-47(41,42-2)43-3)19-44-29(40)35-25-17-24(36-46-25)20-9-5-4-6-10-20/h4-7,9-11,13,17,22H,8,12,14-16,18-19H2,1-3H3,(H,34,39)(H,35,40)(H2,32,33,38)/t22-/m0/s1. The van der Waals surface area contributed by atoms with E-state index in [0.717, 1.165) is 5.56 Å². The first-order chi connectivity index (χ1) is 22.5. The van der Waals surface area contributed by atoms with Crippen molar-refractivity contribution in [3.63, 3.8) is 0 Å². The zero-order valence-electron chi connectivity index (χ0n) is 26.0. The highest BCUT2D eigenvalue weighted by molar-refractivity contribution is 7.48. The molecule has 2 aromatic carbocycles. The van der Waals surface area contributed by atoms with E-state index in [-0.39, 0.29) is 43.8 Å². The number of hydrogen-bond donors (Lipinski definition) is 4. The van der Waals surface area contributed by atoms with Crippen LogP contribution in [0.5, 0.6) is 0 Å². The summed E-state index contributed by atoms with van der Waals surface area (Å²) >= 11 is 6.00. The van der Waals surface area contributed by atoms with Gasteiger partial charge in [0.05, 0.1) is 17.7 Å². The smallest absolute Gasteiger partial charge is 0.447 e. The number of hydrogen-bond acceptors (Lipinski definition) is 10. The van der Waals surface area contributed by atoms with Crippen molar-refractivity contribution in [2.24, 2.45) is 0 Å². The summed E-state index contributed by atoms with van der Waals surface area (Å²) in [5.41, 5.74) is 1.70. The first kappa shape index (κ1) is 37.2. The van der Waals surface area contributed by atoms with Gasteiger partial charge in [-0.05, 0) is 24.5 Å². The maximum atomic E-state index is 13.8. The van der Waals surface area contributed by atoms with E-state index in [2.05, 4.69) is 35.5 Å². The van der Waals surface area contributed by atoms with Gasteiger partial charge in [-0.1, -0.05) is 59.2 Å². The second-order valence-electron chi connectivity index (χ2n) is 9.77. The fourth-order valence-electron chi connectivity index (χ4n) is 4.03. The van der Waals surface area contributed by atoms with Gasteiger partial charge in [-0.2, -0.15) is 0 Å². The Bertz CT molecular complexity index is 1510. The average molecular weight is 699 g/mol. The summed E-state index contributed by atoms with van der Waals surface area (Å²) in [6.45, 7) is -0.128. The number of nitrogens with one attached hydrogen (secondary N) is 4. The summed E-state index contributed by atoms with van der Waals surface area (Å²) in [4.78, 5) is 39.0. The fraction of sp³-hybridized carbons (Fsp3) is 0.379. The lowest BCUT2D eigenvalue weighted by Crippen LogP contribution is -2.46. The molecule has 18 heteroatoms. The Balaban J connectivity index is 1.52. The van der Waals surface area contributed by atoms with E-state index in [1.54, 1.807) is 12.1 Å². The molecule has 0 spiro atoms. The number of amides is 5. The van der Waals surface area contributed by atoms with Gasteiger partial charge in [0.25, 0.3) is 0 Å². The number of carbonyl (C=O) groups is 3. The van der Waals surface area contributed by atoms with Crippen molar-refractivity contribution in [3.8, 4) is 11.3 Å². The van der Waals surface area contributed by atoms with Crippen molar-refractivity contribution >= 4 is 43.5 Å².